The fraction of sp³-hybridized carbons (Fsp3) is 0.310. The predicted octanol–water partition coefficient (Wildman–Crippen LogP) is 5.75. The number of nitrogens with zero attached hydrogens (tertiary/aromatic N) is 2. The van der Waals surface area contributed by atoms with Crippen LogP contribution in [-0.4, -0.2) is 44.1 Å². The lowest BCUT2D eigenvalue weighted by Crippen LogP contribution is -2.42. The Morgan fingerprint density at radius 3 is 2.55 bits per heavy atom. The van der Waals surface area contributed by atoms with Crippen molar-refractivity contribution in [3.63, 3.8) is 0 Å². The normalized spacial score (nSPS) is 19.2. The van der Waals surface area contributed by atoms with Gasteiger partial charge in [-0.3, -0.25) is 10.1 Å². The van der Waals surface area contributed by atoms with E-state index in [4.69, 9.17) is 10.1 Å². The Labute approximate surface area is 220 Å². The highest BCUT2D eigenvalue weighted by Crippen LogP contribution is 2.45. The molecule has 194 valence electrons. The first kappa shape index (κ1) is 24.0. The monoisotopic (exact) mass is 510 g/mol. The molecule has 2 heterocycles. The Bertz CT molecular complexity index is 1480. The number of nitrogens with one attached hydrogen (secondary N) is 4. The van der Waals surface area contributed by atoms with Gasteiger partial charge in [-0.25, -0.2) is 14.8 Å². The molecule has 2 amide bonds. The summed E-state index contributed by atoms with van der Waals surface area (Å²) in [7, 11) is 0. The van der Waals surface area contributed by atoms with E-state index in [0.717, 1.165) is 47.8 Å². The van der Waals surface area contributed by atoms with Crippen molar-refractivity contribution >= 4 is 34.5 Å². The number of rotatable bonds is 7. The number of hydrogen-bond acceptors (Lipinski definition) is 5. The molecule has 2 saturated carbocycles. The topological polar surface area (TPSA) is 132 Å². The maximum absolute atomic E-state index is 12.8. The summed E-state index contributed by atoms with van der Waals surface area (Å²) in [5.74, 6) is 0.980. The van der Waals surface area contributed by atoms with Crippen LogP contribution < -0.4 is 16.0 Å². The number of benzene rings is 2. The zero-order valence-electron chi connectivity index (χ0n) is 20.9. The quantitative estimate of drug-likeness (QED) is 0.215. The zero-order valence-corrected chi connectivity index (χ0v) is 20.9. The molecular formula is C29H30N6O3. The Morgan fingerprint density at radius 1 is 0.974 bits per heavy atom. The number of anilines is 2. The molecule has 0 bridgehead atoms. The van der Waals surface area contributed by atoms with Crippen LogP contribution in [0.3, 0.4) is 0 Å². The van der Waals surface area contributed by atoms with Crippen LogP contribution in [0.25, 0.3) is 22.2 Å². The smallest absolute Gasteiger partial charge is 0.409 e. The van der Waals surface area contributed by atoms with Gasteiger partial charge in [0.1, 0.15) is 0 Å². The molecule has 2 aliphatic carbocycles. The molecule has 2 aliphatic rings. The van der Waals surface area contributed by atoms with E-state index >= 15 is 0 Å². The number of aromatic nitrogens is 3. The summed E-state index contributed by atoms with van der Waals surface area (Å²) >= 11 is 0. The Kier molecular flexibility index (Phi) is 6.41. The molecule has 5 N–H and O–H groups in total. The fourth-order valence-corrected chi connectivity index (χ4v) is 5.37. The van der Waals surface area contributed by atoms with Crippen molar-refractivity contribution in [2.24, 2.45) is 0 Å². The molecule has 9 nitrogen and oxygen atoms in total. The summed E-state index contributed by atoms with van der Waals surface area (Å²) in [6, 6.07) is 14.9. The van der Waals surface area contributed by atoms with Crippen molar-refractivity contribution < 1.29 is 14.7 Å². The standard InChI is InChI=1S/C29H30N6O3/c36-27(18-10-12-19(13-11-18)34-29(37)38)32-20-4-3-5-21(14-20)33-28-31-15-23(17-8-9-17)26(35-28)24-16-30-25-7-2-1-6-22(24)25/h1-2,6-7,10-13,15-17,20-21,30,34H,3-5,8-9,14H2,(H,32,36)(H,37,38)(H,31,33,35)/t20?,21-/m1/s1. The first-order valence-corrected chi connectivity index (χ1v) is 13.1. The summed E-state index contributed by atoms with van der Waals surface area (Å²) in [6.07, 6.45) is 8.89. The molecular weight excluding hydrogens is 480 g/mol. The van der Waals surface area contributed by atoms with Gasteiger partial charge in [-0.15, -0.1) is 0 Å². The van der Waals surface area contributed by atoms with E-state index in [1.165, 1.54) is 18.4 Å². The SMILES string of the molecule is O=C(O)Nc1ccc(C(=O)NC2CCC[C@@H](Nc3ncc(C4CC4)c(-c4c[nH]c5ccccc45)n3)C2)cc1. The number of hydrogen-bond donors (Lipinski definition) is 5. The maximum Gasteiger partial charge on any atom is 0.409 e. The Hall–Kier alpha value is -4.40. The van der Waals surface area contributed by atoms with Gasteiger partial charge in [0.25, 0.3) is 5.91 Å². The Balaban J connectivity index is 1.14. The summed E-state index contributed by atoms with van der Waals surface area (Å²) in [5.41, 5.74) is 5.32. The molecule has 2 atom stereocenters. The minimum absolute atomic E-state index is 0.0318. The van der Waals surface area contributed by atoms with Crippen molar-refractivity contribution in [1.82, 2.24) is 20.3 Å². The summed E-state index contributed by atoms with van der Waals surface area (Å²) in [4.78, 5) is 36.6. The molecule has 6 rings (SSSR count). The van der Waals surface area contributed by atoms with Crippen LogP contribution in [0.2, 0.25) is 0 Å². The van der Waals surface area contributed by atoms with Gasteiger partial charge in [0.15, 0.2) is 0 Å². The lowest BCUT2D eigenvalue weighted by molar-refractivity contribution is 0.0926. The third kappa shape index (κ3) is 5.18. The van der Waals surface area contributed by atoms with Crippen LogP contribution in [0.4, 0.5) is 16.4 Å². The van der Waals surface area contributed by atoms with Gasteiger partial charge in [0.2, 0.25) is 5.95 Å². The minimum Gasteiger partial charge on any atom is -0.465 e. The first-order chi connectivity index (χ1) is 18.5. The van der Waals surface area contributed by atoms with Crippen LogP contribution >= 0.6 is 0 Å². The number of carbonyl (C=O) groups excluding carboxylic acids is 1. The zero-order chi connectivity index (χ0) is 26.1. The van der Waals surface area contributed by atoms with Crippen LogP contribution in [0.5, 0.6) is 0 Å². The summed E-state index contributed by atoms with van der Waals surface area (Å²) in [6.45, 7) is 0. The van der Waals surface area contributed by atoms with Crippen LogP contribution in [0, 0.1) is 0 Å². The predicted molar refractivity (Wildman–Crippen MR) is 147 cm³/mol. The van der Waals surface area contributed by atoms with E-state index in [1.807, 2.05) is 18.5 Å². The Morgan fingerprint density at radius 2 is 1.76 bits per heavy atom. The second-order valence-electron chi connectivity index (χ2n) is 10.2. The second-order valence-corrected chi connectivity index (χ2v) is 10.2. The molecule has 38 heavy (non-hydrogen) atoms. The highest BCUT2D eigenvalue weighted by Gasteiger charge is 2.30. The number of para-hydroxylation sites is 1. The largest absolute Gasteiger partial charge is 0.465 e. The second kappa shape index (κ2) is 10.2. The number of H-pyrrole nitrogens is 1. The summed E-state index contributed by atoms with van der Waals surface area (Å²) in [5, 5.41) is 18.9. The van der Waals surface area contributed by atoms with Gasteiger partial charge in [-0.05, 0) is 74.8 Å². The van der Waals surface area contributed by atoms with E-state index in [0.29, 0.717) is 23.1 Å². The number of carbonyl (C=O) groups is 2. The van der Waals surface area contributed by atoms with E-state index in [1.54, 1.807) is 24.3 Å². The van der Waals surface area contributed by atoms with Crippen molar-refractivity contribution in [1.29, 1.82) is 0 Å². The van der Waals surface area contributed by atoms with Crippen molar-refractivity contribution in [3.8, 4) is 11.3 Å². The lowest BCUT2D eigenvalue weighted by Gasteiger charge is -2.30. The molecule has 0 spiro atoms. The molecule has 4 aromatic rings. The van der Waals surface area contributed by atoms with Crippen LogP contribution in [-0.2, 0) is 0 Å². The molecule has 1 unspecified atom stereocenters. The molecule has 2 aromatic carbocycles. The van der Waals surface area contributed by atoms with Gasteiger partial charge < -0.3 is 20.7 Å². The highest BCUT2D eigenvalue weighted by atomic mass is 16.4. The van der Waals surface area contributed by atoms with Crippen molar-refractivity contribution in [2.45, 2.75) is 56.5 Å². The van der Waals surface area contributed by atoms with Gasteiger partial charge in [-0.2, -0.15) is 0 Å². The van der Waals surface area contributed by atoms with E-state index < -0.39 is 6.09 Å². The molecule has 0 radical (unpaired) electrons. The number of amides is 2. The molecule has 2 aromatic heterocycles. The number of carboxylic acid groups (broad SMARTS) is 1. The molecule has 0 saturated heterocycles. The van der Waals surface area contributed by atoms with Crippen LogP contribution in [0.15, 0.2) is 60.9 Å². The summed E-state index contributed by atoms with van der Waals surface area (Å²) < 4.78 is 0. The minimum atomic E-state index is -1.14. The molecule has 2 fully saturated rings. The van der Waals surface area contributed by atoms with Crippen LogP contribution in [0.1, 0.15) is 60.4 Å². The van der Waals surface area contributed by atoms with Crippen molar-refractivity contribution in [2.75, 3.05) is 10.6 Å². The molecule has 0 aliphatic heterocycles. The number of fused-ring (bicyclic) bond motifs is 1. The van der Waals surface area contributed by atoms with E-state index in [-0.39, 0.29) is 18.0 Å². The first-order valence-electron chi connectivity index (χ1n) is 13.1. The fourth-order valence-electron chi connectivity index (χ4n) is 5.37. The maximum atomic E-state index is 12.8. The molecule has 9 heteroatoms. The van der Waals surface area contributed by atoms with Gasteiger partial charge in [0.05, 0.1) is 5.69 Å². The van der Waals surface area contributed by atoms with E-state index in [2.05, 4.69) is 44.1 Å². The average Bonchev–Trinajstić information content (AvgIpc) is 3.67. The third-order valence-electron chi connectivity index (χ3n) is 7.42. The van der Waals surface area contributed by atoms with Gasteiger partial charge >= 0.3 is 6.09 Å². The lowest BCUT2D eigenvalue weighted by atomic mass is 9.91. The van der Waals surface area contributed by atoms with E-state index in [9.17, 15) is 9.59 Å². The van der Waals surface area contributed by atoms with Gasteiger partial charge in [0, 0.05) is 57.8 Å². The van der Waals surface area contributed by atoms with Crippen molar-refractivity contribution in [3.05, 3.63) is 72.1 Å². The highest BCUT2D eigenvalue weighted by molar-refractivity contribution is 5.96. The average molecular weight is 511 g/mol. The third-order valence-corrected chi connectivity index (χ3v) is 7.42. The van der Waals surface area contributed by atoms with Gasteiger partial charge in [-0.1, -0.05) is 18.2 Å². The number of aromatic amines is 1.